The van der Waals surface area contributed by atoms with Crippen molar-refractivity contribution < 1.29 is 0 Å². The third-order valence-corrected chi connectivity index (χ3v) is 2.75. The molecule has 0 aliphatic rings. The number of thiocarbonyl (C=S) groups is 1. The lowest BCUT2D eigenvalue weighted by molar-refractivity contribution is 1.000. The van der Waals surface area contributed by atoms with Gasteiger partial charge in [0.1, 0.15) is 10.8 Å². The first-order valence-electron chi connectivity index (χ1n) is 5.64. The van der Waals surface area contributed by atoms with Gasteiger partial charge in [0, 0.05) is 30.7 Å². The van der Waals surface area contributed by atoms with Crippen LogP contribution < -0.4 is 11.1 Å². The molecular formula is C13H14N4S. The summed E-state index contributed by atoms with van der Waals surface area (Å²) in [5, 5.41) is 3.24. The molecule has 0 radical (unpaired) electrons. The molecule has 2 heterocycles. The van der Waals surface area contributed by atoms with E-state index < -0.39 is 0 Å². The Kier molecular flexibility index (Phi) is 4.20. The van der Waals surface area contributed by atoms with Crippen molar-refractivity contribution >= 4 is 23.0 Å². The van der Waals surface area contributed by atoms with Gasteiger partial charge in [0.15, 0.2) is 0 Å². The molecule has 0 saturated carbocycles. The Bertz CT molecular complexity index is 528. The van der Waals surface area contributed by atoms with Crippen LogP contribution in [0.2, 0.25) is 0 Å². The van der Waals surface area contributed by atoms with Crippen molar-refractivity contribution in [3.8, 4) is 0 Å². The van der Waals surface area contributed by atoms with Crippen LogP contribution in [0.4, 0.5) is 5.82 Å². The minimum absolute atomic E-state index is 0.384. The van der Waals surface area contributed by atoms with E-state index in [1.54, 1.807) is 24.7 Å². The van der Waals surface area contributed by atoms with Crippen molar-refractivity contribution in [3.05, 3.63) is 54.0 Å². The van der Waals surface area contributed by atoms with Gasteiger partial charge < -0.3 is 11.1 Å². The summed E-state index contributed by atoms with van der Waals surface area (Å²) in [4.78, 5) is 8.58. The van der Waals surface area contributed by atoms with Crippen molar-refractivity contribution in [1.29, 1.82) is 0 Å². The third kappa shape index (κ3) is 3.49. The third-order valence-electron chi connectivity index (χ3n) is 2.51. The molecule has 0 unspecified atom stereocenters. The summed E-state index contributed by atoms with van der Waals surface area (Å²) < 4.78 is 0. The van der Waals surface area contributed by atoms with Crippen LogP contribution >= 0.6 is 12.2 Å². The molecule has 0 spiro atoms. The standard InChI is InChI=1S/C13H14N4S/c14-13(18)11-4-8-17-12(9-11)16-7-3-10-1-5-15-6-2-10/h1-2,4-6,8-9H,3,7H2,(H2,14,18)(H,16,17). The lowest BCUT2D eigenvalue weighted by Crippen LogP contribution is -2.11. The molecule has 0 amide bonds. The SMILES string of the molecule is NC(=S)c1ccnc(NCCc2ccncc2)c1. The van der Waals surface area contributed by atoms with Gasteiger partial charge in [-0.25, -0.2) is 4.98 Å². The fourth-order valence-electron chi connectivity index (χ4n) is 1.56. The van der Waals surface area contributed by atoms with E-state index in [9.17, 15) is 0 Å². The summed E-state index contributed by atoms with van der Waals surface area (Å²) in [5.74, 6) is 0.786. The maximum absolute atomic E-state index is 5.57. The summed E-state index contributed by atoms with van der Waals surface area (Å²) in [6.07, 6.45) is 6.20. The molecule has 0 atom stereocenters. The Morgan fingerprint density at radius 3 is 2.72 bits per heavy atom. The Morgan fingerprint density at radius 2 is 2.00 bits per heavy atom. The predicted octanol–water partition coefficient (Wildman–Crippen LogP) is 1.77. The summed E-state index contributed by atoms with van der Waals surface area (Å²) in [5.41, 5.74) is 7.64. The first-order valence-corrected chi connectivity index (χ1v) is 6.05. The average Bonchev–Trinajstić information content (AvgIpc) is 2.40. The smallest absolute Gasteiger partial charge is 0.126 e. The molecule has 0 fully saturated rings. The van der Waals surface area contributed by atoms with Crippen molar-refractivity contribution in [3.63, 3.8) is 0 Å². The van der Waals surface area contributed by atoms with E-state index in [-0.39, 0.29) is 0 Å². The maximum Gasteiger partial charge on any atom is 0.126 e. The topological polar surface area (TPSA) is 63.8 Å². The zero-order valence-corrected chi connectivity index (χ0v) is 10.7. The summed E-state index contributed by atoms with van der Waals surface area (Å²) in [7, 11) is 0. The molecule has 0 aliphatic carbocycles. The molecule has 18 heavy (non-hydrogen) atoms. The second-order valence-electron chi connectivity index (χ2n) is 3.83. The number of pyridine rings is 2. The number of hydrogen-bond acceptors (Lipinski definition) is 4. The number of nitrogens with one attached hydrogen (secondary N) is 1. The van der Waals surface area contributed by atoms with Crippen molar-refractivity contribution in [1.82, 2.24) is 9.97 Å². The van der Waals surface area contributed by atoms with Crippen LogP contribution in [-0.4, -0.2) is 21.5 Å². The van der Waals surface area contributed by atoms with Gasteiger partial charge in [0.2, 0.25) is 0 Å². The molecule has 0 aromatic carbocycles. The zero-order chi connectivity index (χ0) is 12.8. The van der Waals surface area contributed by atoms with Crippen LogP contribution in [0.25, 0.3) is 0 Å². The average molecular weight is 258 g/mol. The minimum Gasteiger partial charge on any atom is -0.389 e. The fourth-order valence-corrected chi connectivity index (χ4v) is 1.69. The predicted molar refractivity (Wildman–Crippen MR) is 76.6 cm³/mol. The van der Waals surface area contributed by atoms with Gasteiger partial charge in [-0.2, -0.15) is 0 Å². The summed E-state index contributed by atoms with van der Waals surface area (Å²) >= 11 is 4.93. The number of anilines is 1. The zero-order valence-electron chi connectivity index (χ0n) is 9.84. The van der Waals surface area contributed by atoms with E-state index >= 15 is 0 Å². The fraction of sp³-hybridized carbons (Fsp3) is 0.154. The van der Waals surface area contributed by atoms with Crippen molar-refractivity contribution in [2.75, 3.05) is 11.9 Å². The second kappa shape index (κ2) is 6.07. The number of nitrogens with zero attached hydrogens (tertiary/aromatic N) is 2. The number of rotatable bonds is 5. The molecule has 0 saturated heterocycles. The maximum atomic E-state index is 5.57. The molecule has 5 heteroatoms. The molecule has 92 valence electrons. The molecular weight excluding hydrogens is 244 g/mol. The number of nitrogens with two attached hydrogens (primary N) is 1. The van der Waals surface area contributed by atoms with Gasteiger partial charge in [-0.3, -0.25) is 4.98 Å². The first-order chi connectivity index (χ1) is 8.75. The highest BCUT2D eigenvalue weighted by atomic mass is 32.1. The van der Waals surface area contributed by atoms with E-state index in [4.69, 9.17) is 18.0 Å². The van der Waals surface area contributed by atoms with E-state index in [2.05, 4.69) is 15.3 Å². The van der Waals surface area contributed by atoms with Gasteiger partial charge in [-0.1, -0.05) is 12.2 Å². The summed E-state index contributed by atoms with van der Waals surface area (Å²) in [6.45, 7) is 0.803. The van der Waals surface area contributed by atoms with Gasteiger partial charge in [0.25, 0.3) is 0 Å². The second-order valence-corrected chi connectivity index (χ2v) is 4.27. The van der Waals surface area contributed by atoms with Crippen LogP contribution in [-0.2, 0) is 6.42 Å². The number of hydrogen-bond donors (Lipinski definition) is 2. The first kappa shape index (κ1) is 12.4. The van der Waals surface area contributed by atoms with Gasteiger partial charge in [0.05, 0.1) is 0 Å². The Labute approximate surface area is 111 Å². The summed E-state index contributed by atoms with van der Waals surface area (Å²) in [6, 6.07) is 7.66. The minimum atomic E-state index is 0.384. The molecule has 2 aromatic rings. The van der Waals surface area contributed by atoms with Crippen LogP contribution in [0.5, 0.6) is 0 Å². The Balaban J connectivity index is 1.90. The monoisotopic (exact) mass is 258 g/mol. The molecule has 0 aliphatic heterocycles. The normalized spacial score (nSPS) is 10.0. The molecule has 2 aromatic heterocycles. The Hall–Kier alpha value is -2.01. The quantitative estimate of drug-likeness (QED) is 0.800. The molecule has 4 nitrogen and oxygen atoms in total. The van der Waals surface area contributed by atoms with E-state index in [0.717, 1.165) is 24.3 Å². The molecule has 3 N–H and O–H groups in total. The molecule has 0 bridgehead atoms. The van der Waals surface area contributed by atoms with E-state index in [0.29, 0.717) is 4.99 Å². The lowest BCUT2D eigenvalue weighted by atomic mass is 10.2. The van der Waals surface area contributed by atoms with Crippen LogP contribution in [0, 0.1) is 0 Å². The Morgan fingerprint density at radius 1 is 1.22 bits per heavy atom. The van der Waals surface area contributed by atoms with Crippen LogP contribution in [0.15, 0.2) is 42.9 Å². The highest BCUT2D eigenvalue weighted by molar-refractivity contribution is 7.80. The van der Waals surface area contributed by atoms with Gasteiger partial charge in [-0.15, -0.1) is 0 Å². The highest BCUT2D eigenvalue weighted by Crippen LogP contribution is 2.07. The van der Waals surface area contributed by atoms with Crippen LogP contribution in [0.3, 0.4) is 0 Å². The van der Waals surface area contributed by atoms with E-state index in [1.165, 1.54) is 5.56 Å². The highest BCUT2D eigenvalue weighted by Gasteiger charge is 1.99. The van der Waals surface area contributed by atoms with Crippen LogP contribution in [0.1, 0.15) is 11.1 Å². The lowest BCUT2D eigenvalue weighted by Gasteiger charge is -2.06. The molecule has 2 rings (SSSR count). The van der Waals surface area contributed by atoms with Gasteiger partial charge in [-0.05, 0) is 36.2 Å². The number of aromatic nitrogens is 2. The van der Waals surface area contributed by atoms with Crippen molar-refractivity contribution in [2.24, 2.45) is 5.73 Å². The largest absolute Gasteiger partial charge is 0.389 e. The van der Waals surface area contributed by atoms with Gasteiger partial charge >= 0.3 is 0 Å². The van der Waals surface area contributed by atoms with Crippen molar-refractivity contribution in [2.45, 2.75) is 6.42 Å². The van der Waals surface area contributed by atoms with E-state index in [1.807, 2.05) is 18.2 Å².